The molecule has 142 valence electrons. The third-order valence-electron chi connectivity index (χ3n) is 7.38. The average molecular weight is 357 g/mol. The van der Waals surface area contributed by atoms with Crippen LogP contribution in [-0.2, 0) is 9.59 Å². The molecule has 0 aliphatic heterocycles. The number of carbonyl (C=O) groups excluding carboxylic acids is 2. The van der Waals surface area contributed by atoms with Crippen LogP contribution in [0.3, 0.4) is 0 Å². The molecule has 0 bridgehead atoms. The molecule has 0 aromatic heterocycles. The number of allylic oxidation sites excluding steroid dienone is 4. The SMILES string of the molecule is CC1CC=C2C3=C(CCC21C)C1(C)CCC(=O)C=C1[C@@H](O)C3.CCC=O. The molecule has 4 atom stereocenters. The van der Waals surface area contributed by atoms with Gasteiger partial charge in [-0.15, -0.1) is 0 Å². The van der Waals surface area contributed by atoms with Crippen LogP contribution in [0.4, 0.5) is 0 Å². The standard InChI is InChI=1S/C20H26O2.C3H6O/c1-12-4-5-15-14-11-18(22)17-10-13(21)6-8-20(17,3)16(14)7-9-19(12,15)2;1-2-3-4/h5,10,12,18,22H,4,6-9,11H2,1-3H3;3H,2H2,1H3/t12?,18-,19?,20?;/m0./s1. The van der Waals surface area contributed by atoms with E-state index >= 15 is 0 Å². The van der Waals surface area contributed by atoms with Crippen LogP contribution in [0, 0.1) is 16.7 Å². The van der Waals surface area contributed by atoms with Gasteiger partial charge in [0.1, 0.15) is 6.29 Å². The quantitative estimate of drug-likeness (QED) is 0.693. The van der Waals surface area contributed by atoms with Gasteiger partial charge in [-0.1, -0.05) is 39.3 Å². The Hall–Kier alpha value is -1.48. The molecule has 3 unspecified atom stereocenters. The fourth-order valence-corrected chi connectivity index (χ4v) is 5.46. The van der Waals surface area contributed by atoms with E-state index in [1.54, 1.807) is 6.08 Å². The van der Waals surface area contributed by atoms with Crippen LogP contribution in [0.1, 0.15) is 72.6 Å². The second-order valence-electron chi connectivity index (χ2n) is 8.82. The van der Waals surface area contributed by atoms with Crippen molar-refractivity contribution in [2.24, 2.45) is 16.7 Å². The van der Waals surface area contributed by atoms with Gasteiger partial charge in [0, 0.05) is 24.7 Å². The van der Waals surface area contributed by atoms with Crippen molar-refractivity contribution in [3.8, 4) is 0 Å². The van der Waals surface area contributed by atoms with Gasteiger partial charge in [-0.2, -0.15) is 0 Å². The fraction of sp³-hybridized carbons (Fsp3) is 0.652. The molecule has 4 aliphatic carbocycles. The predicted octanol–water partition coefficient (Wildman–Crippen LogP) is 4.70. The minimum Gasteiger partial charge on any atom is -0.388 e. The van der Waals surface area contributed by atoms with Crippen molar-refractivity contribution in [2.45, 2.75) is 78.7 Å². The number of aliphatic hydroxyl groups is 1. The van der Waals surface area contributed by atoms with Gasteiger partial charge in [0.15, 0.2) is 5.78 Å². The molecule has 0 fully saturated rings. The molecule has 0 aromatic carbocycles. The second kappa shape index (κ2) is 6.92. The molecule has 3 heteroatoms. The van der Waals surface area contributed by atoms with Gasteiger partial charge in [0.2, 0.25) is 0 Å². The zero-order chi connectivity index (χ0) is 19.1. The highest BCUT2D eigenvalue weighted by atomic mass is 16.3. The Bertz CT molecular complexity index is 711. The number of aliphatic hydroxyl groups excluding tert-OH is 1. The van der Waals surface area contributed by atoms with E-state index in [1.807, 2.05) is 6.92 Å². The summed E-state index contributed by atoms with van der Waals surface area (Å²) >= 11 is 0. The Kier molecular flexibility index (Phi) is 5.13. The third-order valence-corrected chi connectivity index (χ3v) is 7.38. The van der Waals surface area contributed by atoms with Gasteiger partial charge in [-0.05, 0) is 59.8 Å². The van der Waals surface area contributed by atoms with E-state index in [9.17, 15) is 14.7 Å². The van der Waals surface area contributed by atoms with Gasteiger partial charge in [-0.3, -0.25) is 4.79 Å². The Morgan fingerprint density at radius 3 is 2.62 bits per heavy atom. The van der Waals surface area contributed by atoms with Gasteiger partial charge >= 0.3 is 0 Å². The number of ketones is 1. The third kappa shape index (κ3) is 2.85. The highest BCUT2D eigenvalue weighted by Gasteiger charge is 2.51. The second-order valence-corrected chi connectivity index (χ2v) is 8.82. The van der Waals surface area contributed by atoms with Crippen molar-refractivity contribution in [1.82, 2.24) is 0 Å². The Balaban J connectivity index is 0.000000447. The maximum Gasteiger partial charge on any atom is 0.155 e. The van der Waals surface area contributed by atoms with E-state index in [1.165, 1.54) is 23.1 Å². The van der Waals surface area contributed by atoms with E-state index in [0.717, 1.165) is 31.1 Å². The van der Waals surface area contributed by atoms with Crippen LogP contribution < -0.4 is 0 Å². The molecule has 0 aromatic rings. The van der Waals surface area contributed by atoms with Gasteiger partial charge in [0.25, 0.3) is 0 Å². The molecular formula is C23H32O3. The summed E-state index contributed by atoms with van der Waals surface area (Å²) in [7, 11) is 0. The summed E-state index contributed by atoms with van der Waals surface area (Å²) in [5.74, 6) is 0.885. The van der Waals surface area contributed by atoms with Gasteiger partial charge < -0.3 is 9.90 Å². The first-order valence-electron chi connectivity index (χ1n) is 10.1. The highest BCUT2D eigenvalue weighted by molar-refractivity contribution is 5.92. The van der Waals surface area contributed by atoms with E-state index in [-0.39, 0.29) is 11.2 Å². The lowest BCUT2D eigenvalue weighted by atomic mass is 9.54. The van der Waals surface area contributed by atoms with Crippen LogP contribution in [0.2, 0.25) is 0 Å². The van der Waals surface area contributed by atoms with Crippen LogP contribution in [0.5, 0.6) is 0 Å². The lowest BCUT2D eigenvalue weighted by molar-refractivity contribution is -0.115. The largest absolute Gasteiger partial charge is 0.388 e. The normalized spacial score (nSPS) is 38.3. The Morgan fingerprint density at radius 1 is 1.27 bits per heavy atom. The lowest BCUT2D eigenvalue weighted by Gasteiger charge is -2.50. The van der Waals surface area contributed by atoms with Crippen molar-refractivity contribution >= 4 is 12.1 Å². The van der Waals surface area contributed by atoms with Crippen LogP contribution in [0.25, 0.3) is 0 Å². The molecule has 4 aliphatic rings. The summed E-state index contributed by atoms with van der Waals surface area (Å²) in [5, 5.41) is 10.7. The van der Waals surface area contributed by atoms with Crippen molar-refractivity contribution in [1.29, 1.82) is 0 Å². The van der Waals surface area contributed by atoms with E-state index in [4.69, 9.17) is 0 Å². The Morgan fingerprint density at radius 2 is 1.96 bits per heavy atom. The molecule has 4 rings (SSSR count). The van der Waals surface area contributed by atoms with Crippen molar-refractivity contribution in [2.75, 3.05) is 0 Å². The van der Waals surface area contributed by atoms with Crippen LogP contribution >= 0.6 is 0 Å². The molecule has 3 nitrogen and oxygen atoms in total. The highest BCUT2D eigenvalue weighted by Crippen LogP contribution is 2.61. The zero-order valence-electron chi connectivity index (χ0n) is 16.6. The van der Waals surface area contributed by atoms with Crippen molar-refractivity contribution < 1.29 is 14.7 Å². The zero-order valence-corrected chi connectivity index (χ0v) is 16.6. The number of hydrogen-bond acceptors (Lipinski definition) is 3. The minimum absolute atomic E-state index is 0.0884. The molecule has 1 N–H and O–H groups in total. The first-order chi connectivity index (χ1) is 12.3. The van der Waals surface area contributed by atoms with E-state index < -0.39 is 6.10 Å². The summed E-state index contributed by atoms with van der Waals surface area (Å²) < 4.78 is 0. The average Bonchev–Trinajstić information content (AvgIpc) is 2.92. The smallest absolute Gasteiger partial charge is 0.155 e. The molecule has 26 heavy (non-hydrogen) atoms. The summed E-state index contributed by atoms with van der Waals surface area (Å²) in [6, 6.07) is 0. The molecule has 0 saturated heterocycles. The first kappa shape index (κ1) is 19.3. The first-order valence-corrected chi connectivity index (χ1v) is 10.1. The molecule has 0 saturated carbocycles. The van der Waals surface area contributed by atoms with Gasteiger partial charge in [0.05, 0.1) is 6.10 Å². The summed E-state index contributed by atoms with van der Waals surface area (Å²) in [6.45, 7) is 8.84. The topological polar surface area (TPSA) is 54.4 Å². The lowest BCUT2D eigenvalue weighted by Crippen LogP contribution is -2.42. The van der Waals surface area contributed by atoms with Gasteiger partial charge in [-0.25, -0.2) is 0 Å². The van der Waals surface area contributed by atoms with Crippen molar-refractivity contribution in [3.63, 3.8) is 0 Å². The van der Waals surface area contributed by atoms with Crippen LogP contribution in [-0.4, -0.2) is 23.3 Å². The molecule has 0 spiro atoms. The summed E-state index contributed by atoms with van der Waals surface area (Å²) in [5.41, 5.74) is 5.65. The number of carbonyl (C=O) groups is 2. The number of aldehydes is 1. The minimum atomic E-state index is -0.479. The van der Waals surface area contributed by atoms with E-state index in [2.05, 4.69) is 26.8 Å². The Labute approximate surface area is 157 Å². The molecule has 0 heterocycles. The monoisotopic (exact) mass is 356 g/mol. The molecule has 0 radical (unpaired) electrons. The van der Waals surface area contributed by atoms with Crippen molar-refractivity contribution in [3.05, 3.63) is 34.4 Å². The molecule has 0 amide bonds. The maximum atomic E-state index is 11.8. The number of fused-ring (bicyclic) bond motifs is 4. The van der Waals surface area contributed by atoms with Crippen LogP contribution in [0.15, 0.2) is 34.4 Å². The summed E-state index contributed by atoms with van der Waals surface area (Å²) in [6.07, 6.45) is 10.9. The number of rotatable bonds is 1. The molecular weight excluding hydrogens is 324 g/mol. The number of hydrogen-bond donors (Lipinski definition) is 1. The van der Waals surface area contributed by atoms with E-state index in [0.29, 0.717) is 30.6 Å². The predicted molar refractivity (Wildman–Crippen MR) is 104 cm³/mol. The summed E-state index contributed by atoms with van der Waals surface area (Å²) in [4.78, 5) is 21.0. The maximum absolute atomic E-state index is 11.8. The fourth-order valence-electron chi connectivity index (χ4n) is 5.46.